The van der Waals surface area contributed by atoms with Crippen LogP contribution in [0.25, 0.3) is 0 Å². The Morgan fingerprint density at radius 1 is 0.875 bits per heavy atom. The zero-order valence-electron chi connectivity index (χ0n) is 26.1. The minimum Gasteiger partial charge on any atom is -0.493 e. The topological polar surface area (TPSA) is 90.8 Å². The lowest BCUT2D eigenvalue weighted by Crippen LogP contribution is -2.43. The maximum Gasteiger partial charge on any atom is 0.249 e. The van der Waals surface area contributed by atoms with E-state index in [2.05, 4.69) is 11.1 Å². The fourth-order valence-electron chi connectivity index (χ4n) is 5.13. The third-order valence-corrected chi connectivity index (χ3v) is 10.0. The molecule has 14 heteroatoms. The number of hydrogen-bond donors (Lipinski definition) is 1. The summed E-state index contributed by atoms with van der Waals surface area (Å²) < 4.78 is 100.0. The predicted octanol–water partition coefficient (Wildman–Crippen LogP) is 7.74. The number of benzene rings is 3. The van der Waals surface area contributed by atoms with Gasteiger partial charge in [0.25, 0.3) is 0 Å². The van der Waals surface area contributed by atoms with Gasteiger partial charge in [0.1, 0.15) is 0 Å². The Hall–Kier alpha value is -4.07. The second-order valence-corrected chi connectivity index (χ2v) is 15.0. The van der Waals surface area contributed by atoms with Gasteiger partial charge in [-0.1, -0.05) is 62.7 Å². The van der Waals surface area contributed by atoms with Crippen LogP contribution >= 0.6 is 11.6 Å². The summed E-state index contributed by atoms with van der Waals surface area (Å²) in [5.74, 6) is -13.5. The van der Waals surface area contributed by atoms with Gasteiger partial charge in [-0.2, -0.15) is 4.31 Å². The maximum absolute atomic E-state index is 14.9. The van der Waals surface area contributed by atoms with Crippen molar-refractivity contribution in [1.29, 1.82) is 0 Å². The summed E-state index contributed by atoms with van der Waals surface area (Å²) in [7, 11) is -5.56. The van der Waals surface area contributed by atoms with Gasteiger partial charge in [-0.15, -0.1) is 0 Å². The molecule has 5 rings (SSSR count). The molecule has 1 fully saturated rings. The summed E-state index contributed by atoms with van der Waals surface area (Å²) in [6.45, 7) is 4.22. The summed E-state index contributed by atoms with van der Waals surface area (Å²) in [6, 6.07) is 14.1. The van der Waals surface area contributed by atoms with Gasteiger partial charge in [-0.3, -0.25) is 4.79 Å². The van der Waals surface area contributed by atoms with Crippen molar-refractivity contribution in [3.05, 3.63) is 117 Å². The Kier molecular flexibility index (Phi) is 9.87. The van der Waals surface area contributed by atoms with E-state index < -0.39 is 63.0 Å². The highest BCUT2D eigenvalue weighted by atomic mass is 35.5. The molecule has 4 aromatic rings. The highest BCUT2D eigenvalue weighted by Crippen LogP contribution is 2.42. The van der Waals surface area contributed by atoms with Crippen LogP contribution in [0.2, 0.25) is 5.02 Å². The number of nitrogens with zero attached hydrogens (tertiary/aromatic N) is 3. The Morgan fingerprint density at radius 2 is 1.48 bits per heavy atom. The minimum atomic E-state index is -5.56. The van der Waals surface area contributed by atoms with Crippen molar-refractivity contribution in [1.82, 2.24) is 9.29 Å². The SMILES string of the molecule is CC(C)(C)c1cc(CN(C(=O)CN(Cc2ccc(Cl)cc2)S(=O)(=O)c2c(F)c(F)c(F)c(F)c2F)c2ccc(O)nc2)cc(C2CC2)c1. The summed E-state index contributed by atoms with van der Waals surface area (Å²) >= 11 is 5.95. The van der Waals surface area contributed by atoms with Crippen molar-refractivity contribution in [3.63, 3.8) is 0 Å². The molecule has 254 valence electrons. The van der Waals surface area contributed by atoms with Crippen molar-refractivity contribution in [2.24, 2.45) is 0 Å². The summed E-state index contributed by atoms with van der Waals surface area (Å²) in [5.41, 5.74) is 2.85. The van der Waals surface area contributed by atoms with Crippen molar-refractivity contribution in [3.8, 4) is 5.88 Å². The first-order valence-electron chi connectivity index (χ1n) is 14.8. The standard InChI is InChI=1S/C34H31ClF5N3O4S/c1-34(2,3)23-13-20(12-22(14-23)21-6-7-21)17-43(25-10-11-26(44)41-15-25)27(45)18-42(16-19-4-8-24(35)9-5-19)48(46,47)33-31(39)29(37)28(36)30(38)32(33)40/h4-5,8-15,21H,6-7,16-18H2,1-3H3,(H,41,44). The normalized spacial score (nSPS) is 13.6. The molecule has 7 nitrogen and oxygen atoms in total. The quantitative estimate of drug-likeness (QED) is 0.104. The second-order valence-electron chi connectivity index (χ2n) is 12.6. The van der Waals surface area contributed by atoms with Gasteiger partial charge >= 0.3 is 0 Å². The third kappa shape index (κ3) is 7.48. The molecule has 0 aliphatic heterocycles. The number of sulfonamides is 1. The number of anilines is 1. The number of aromatic hydroxyl groups is 1. The summed E-state index contributed by atoms with van der Waals surface area (Å²) in [6.07, 6.45) is 3.20. The van der Waals surface area contributed by atoms with E-state index in [1.54, 1.807) is 0 Å². The van der Waals surface area contributed by atoms with Crippen molar-refractivity contribution < 1.29 is 40.3 Å². The van der Waals surface area contributed by atoms with E-state index in [4.69, 9.17) is 11.6 Å². The number of carbonyl (C=O) groups excluding carboxylic acids is 1. The van der Waals surface area contributed by atoms with Crippen LogP contribution in [0.1, 0.15) is 61.8 Å². The number of aromatic nitrogens is 1. The molecule has 48 heavy (non-hydrogen) atoms. The van der Waals surface area contributed by atoms with Crippen LogP contribution in [-0.2, 0) is 33.3 Å². The van der Waals surface area contributed by atoms with Crippen LogP contribution in [0, 0.1) is 29.1 Å². The van der Waals surface area contributed by atoms with Gasteiger partial charge in [0.2, 0.25) is 27.6 Å². The summed E-state index contributed by atoms with van der Waals surface area (Å²) in [4.78, 5) is 17.1. The molecular weight excluding hydrogens is 677 g/mol. The van der Waals surface area contributed by atoms with E-state index in [1.807, 2.05) is 32.9 Å². The molecule has 0 unspecified atom stereocenters. The van der Waals surface area contributed by atoms with E-state index >= 15 is 0 Å². The first kappa shape index (κ1) is 35.2. The molecule has 1 aliphatic carbocycles. The van der Waals surface area contributed by atoms with Gasteiger partial charge in [-0.05, 0) is 64.6 Å². The molecule has 1 aliphatic rings. The molecule has 1 amide bonds. The lowest BCUT2D eigenvalue weighted by Gasteiger charge is -2.28. The Bertz CT molecular complexity index is 1940. The van der Waals surface area contributed by atoms with Crippen molar-refractivity contribution >= 4 is 33.2 Å². The van der Waals surface area contributed by atoms with Gasteiger partial charge < -0.3 is 10.0 Å². The van der Waals surface area contributed by atoms with Crippen LogP contribution in [0.5, 0.6) is 5.88 Å². The zero-order valence-corrected chi connectivity index (χ0v) is 27.6. The molecule has 0 radical (unpaired) electrons. The number of hydrogen-bond acceptors (Lipinski definition) is 5. The number of halogens is 6. The van der Waals surface area contributed by atoms with Gasteiger partial charge in [0, 0.05) is 17.6 Å². The first-order valence-corrected chi connectivity index (χ1v) is 16.6. The van der Waals surface area contributed by atoms with Crippen LogP contribution in [0.15, 0.2) is 65.7 Å². The second kappa shape index (κ2) is 13.4. The average molecular weight is 708 g/mol. The van der Waals surface area contributed by atoms with E-state index in [-0.39, 0.29) is 34.1 Å². The molecule has 0 atom stereocenters. The molecule has 0 bridgehead atoms. The number of rotatable bonds is 10. The number of carbonyl (C=O) groups is 1. The van der Waals surface area contributed by atoms with Gasteiger partial charge in [-0.25, -0.2) is 35.4 Å². The monoisotopic (exact) mass is 707 g/mol. The van der Waals surface area contributed by atoms with Gasteiger partial charge in [0.15, 0.2) is 28.2 Å². The number of pyridine rings is 1. The molecular formula is C34H31ClF5N3O4S. The van der Waals surface area contributed by atoms with E-state index in [0.29, 0.717) is 15.8 Å². The molecule has 3 aromatic carbocycles. The third-order valence-electron chi connectivity index (χ3n) is 7.97. The predicted molar refractivity (Wildman–Crippen MR) is 169 cm³/mol. The molecule has 1 N–H and O–H groups in total. The molecule has 1 heterocycles. The fourth-order valence-corrected chi connectivity index (χ4v) is 6.75. The number of amides is 1. The molecule has 1 aromatic heterocycles. The van der Waals surface area contributed by atoms with Gasteiger partial charge in [0.05, 0.1) is 25.0 Å². The lowest BCUT2D eigenvalue weighted by molar-refractivity contribution is -0.119. The molecule has 0 spiro atoms. The highest BCUT2D eigenvalue weighted by Gasteiger charge is 2.39. The van der Waals surface area contributed by atoms with Crippen molar-refractivity contribution in [2.75, 3.05) is 11.4 Å². The van der Waals surface area contributed by atoms with E-state index in [9.17, 15) is 40.3 Å². The Balaban J connectivity index is 1.59. The first-order chi connectivity index (χ1) is 22.5. The molecule has 0 saturated heterocycles. The van der Waals surface area contributed by atoms with Crippen LogP contribution in [0.4, 0.5) is 27.6 Å². The van der Waals surface area contributed by atoms with Crippen LogP contribution < -0.4 is 4.90 Å². The largest absolute Gasteiger partial charge is 0.493 e. The maximum atomic E-state index is 14.9. The van der Waals surface area contributed by atoms with E-state index in [0.717, 1.165) is 24.0 Å². The zero-order chi connectivity index (χ0) is 35.1. The fraction of sp³-hybridized carbons (Fsp3) is 0.294. The summed E-state index contributed by atoms with van der Waals surface area (Å²) in [5, 5.41) is 10.1. The minimum absolute atomic E-state index is 0.105. The van der Waals surface area contributed by atoms with Crippen LogP contribution in [0.3, 0.4) is 0 Å². The smallest absolute Gasteiger partial charge is 0.249 e. The molecule has 1 saturated carbocycles. The highest BCUT2D eigenvalue weighted by molar-refractivity contribution is 7.89. The Labute approximate surface area is 279 Å². The van der Waals surface area contributed by atoms with Crippen LogP contribution in [-0.4, -0.2) is 35.3 Å². The lowest BCUT2D eigenvalue weighted by atomic mass is 9.84. The van der Waals surface area contributed by atoms with E-state index in [1.165, 1.54) is 47.5 Å². The average Bonchev–Trinajstić information content (AvgIpc) is 3.88. The Morgan fingerprint density at radius 3 is 2.02 bits per heavy atom. The van der Waals surface area contributed by atoms with Crippen molar-refractivity contribution in [2.45, 2.75) is 62.9 Å².